The number of methoxy groups -OCH3 is 1. The van der Waals surface area contributed by atoms with E-state index < -0.39 is 5.97 Å². The Hall–Kier alpha value is -0.820. The van der Waals surface area contributed by atoms with Crippen molar-refractivity contribution in [2.45, 2.75) is 13.8 Å². The van der Waals surface area contributed by atoms with Gasteiger partial charge in [0.2, 0.25) is 0 Å². The first-order valence-electron chi connectivity index (χ1n) is 3.92. The maximum atomic E-state index is 9.84. The molecule has 0 saturated heterocycles. The summed E-state index contributed by atoms with van der Waals surface area (Å²) in [6.07, 6.45) is 6.29. The number of ether oxygens (including phenoxy) is 1. The van der Waals surface area contributed by atoms with Gasteiger partial charge in [0.25, 0.3) is 0 Å². The zero-order chi connectivity index (χ0) is 11.8. The van der Waals surface area contributed by atoms with Crippen molar-refractivity contribution in [3.05, 3.63) is 37.5 Å². The maximum Gasteiger partial charge on any atom is 0.329 e. The number of rotatable bonds is 1. The Morgan fingerprint density at radius 1 is 1.33 bits per heavy atom. The van der Waals surface area contributed by atoms with Crippen LogP contribution in [0, 0.1) is 11.3 Å². The minimum Gasteiger partial charge on any atom is -0.466 e. The molecule has 15 heavy (non-hydrogen) atoms. The predicted octanol–water partition coefficient (Wildman–Crippen LogP) is 2.24. The molecule has 0 fully saturated rings. The molecule has 0 saturated carbocycles. The Balaban J connectivity index is -0.0000000606. The van der Waals surface area contributed by atoms with Crippen LogP contribution in [0.3, 0.4) is 0 Å². The van der Waals surface area contributed by atoms with E-state index >= 15 is 0 Å². The molecule has 0 heterocycles. The summed E-state index contributed by atoms with van der Waals surface area (Å²) in [5.41, 5.74) is 0. The number of carbonyl (C=O) groups is 1. The van der Waals surface area contributed by atoms with Gasteiger partial charge in [-0.15, -0.1) is 0 Å². The van der Waals surface area contributed by atoms with Crippen molar-refractivity contribution in [3.63, 3.8) is 0 Å². The van der Waals surface area contributed by atoms with Crippen molar-refractivity contribution in [2.75, 3.05) is 7.11 Å². The number of nitriles is 1. The number of hydrogen-bond acceptors (Lipinski definition) is 3. The van der Waals surface area contributed by atoms with E-state index in [1.54, 1.807) is 6.07 Å². The second-order valence-corrected chi connectivity index (χ2v) is 1.73. The van der Waals surface area contributed by atoms with Crippen LogP contribution in [0.2, 0.25) is 0 Å². The number of hydrogen-bond donors (Lipinski definition) is 0. The van der Waals surface area contributed by atoms with Crippen LogP contribution in [0.1, 0.15) is 13.8 Å². The largest absolute Gasteiger partial charge is 0.466 e. The molecule has 0 N–H and O–H groups in total. The summed E-state index contributed by atoms with van der Waals surface area (Å²) in [4.78, 5) is 9.84. The zero-order valence-electron chi connectivity index (χ0n) is 9.99. The van der Waals surface area contributed by atoms with Crippen molar-refractivity contribution in [2.24, 2.45) is 0 Å². The van der Waals surface area contributed by atoms with Gasteiger partial charge in [0.15, 0.2) is 0 Å². The summed E-state index contributed by atoms with van der Waals surface area (Å²) in [5, 5.41) is 7.51. The molecule has 0 spiro atoms. The second-order valence-electron chi connectivity index (χ2n) is 1.73. The van der Waals surface area contributed by atoms with Gasteiger partial charge in [-0.2, -0.15) is 5.26 Å². The fourth-order valence-electron chi connectivity index (χ4n) is 0.0833. The molecule has 3 nitrogen and oxygen atoms in total. The van der Waals surface area contributed by atoms with Gasteiger partial charge in [-0.1, -0.05) is 25.3 Å². The molecule has 79 valence electrons. The number of carbonyl (C=O) groups excluding carboxylic acids is 1. The monoisotopic (exact) mass is 218 g/mol. The van der Waals surface area contributed by atoms with Gasteiger partial charge >= 0.3 is 5.97 Å². The fourth-order valence-corrected chi connectivity index (χ4v) is 0.0833. The fraction of sp³-hybridized carbons (Fsp3) is 0.273. The minimum absolute atomic E-state index is 0. The van der Waals surface area contributed by atoms with Crippen LogP contribution in [0.25, 0.3) is 0 Å². The van der Waals surface area contributed by atoms with Crippen LogP contribution in [0.15, 0.2) is 37.5 Å². The van der Waals surface area contributed by atoms with Crippen molar-refractivity contribution < 1.29 is 9.53 Å². The Morgan fingerprint density at radius 2 is 1.67 bits per heavy atom. The normalized spacial score (nSPS) is 6.27. The van der Waals surface area contributed by atoms with Crippen molar-refractivity contribution in [1.82, 2.24) is 0 Å². The third-order valence-corrected chi connectivity index (χ3v) is 0.792. The summed E-state index contributed by atoms with van der Waals surface area (Å²) < 4.78 is 4.14. The van der Waals surface area contributed by atoms with Gasteiger partial charge in [0, 0.05) is 41.7 Å². The SMILES string of the molecule is C=CC#N.C=CC(=O)OC.CC=CC.[Na]. The van der Waals surface area contributed by atoms with Crippen molar-refractivity contribution in [3.8, 4) is 6.07 Å². The molecule has 0 rings (SSSR count). The molecular formula is C11H17NNaO2. The number of esters is 1. The first kappa shape index (κ1) is 23.8. The molecule has 0 aliphatic rings. The van der Waals surface area contributed by atoms with E-state index in [1.807, 2.05) is 26.0 Å². The van der Waals surface area contributed by atoms with Gasteiger partial charge in [0.05, 0.1) is 13.2 Å². The molecule has 0 aromatic carbocycles. The number of allylic oxidation sites excluding steroid dienone is 3. The smallest absolute Gasteiger partial charge is 0.329 e. The van der Waals surface area contributed by atoms with E-state index in [4.69, 9.17) is 5.26 Å². The first-order valence-corrected chi connectivity index (χ1v) is 3.92. The average Bonchev–Trinajstić information content (AvgIpc) is 2.28. The quantitative estimate of drug-likeness (QED) is 0.223. The standard InChI is InChI=1S/C4H6O2.C4H8.C3H3N.Na/c1-3-4(5)6-2;1-3-4-2;1-2-3-4;/h3H,1H2,2H3;3-4H,1-2H3;2H,1H2;. The molecule has 0 aliphatic carbocycles. The molecule has 0 aromatic heterocycles. The molecule has 0 bridgehead atoms. The van der Waals surface area contributed by atoms with Crippen LogP contribution >= 0.6 is 0 Å². The summed E-state index contributed by atoms with van der Waals surface area (Å²) in [5.74, 6) is -0.394. The molecule has 0 atom stereocenters. The van der Waals surface area contributed by atoms with Gasteiger partial charge < -0.3 is 4.74 Å². The van der Waals surface area contributed by atoms with Crippen LogP contribution < -0.4 is 0 Å². The van der Waals surface area contributed by atoms with E-state index in [1.165, 1.54) is 13.2 Å². The Bertz CT molecular complexity index is 213. The van der Waals surface area contributed by atoms with Gasteiger partial charge in [-0.25, -0.2) is 4.79 Å². The van der Waals surface area contributed by atoms with Crippen molar-refractivity contribution >= 4 is 35.5 Å². The Morgan fingerprint density at radius 3 is 1.67 bits per heavy atom. The molecule has 0 aromatic rings. The van der Waals surface area contributed by atoms with Crippen LogP contribution in [0.4, 0.5) is 0 Å². The second kappa shape index (κ2) is 29.2. The summed E-state index contributed by atoms with van der Waals surface area (Å²) >= 11 is 0. The van der Waals surface area contributed by atoms with E-state index in [0.29, 0.717) is 0 Å². The first-order chi connectivity index (χ1) is 6.64. The van der Waals surface area contributed by atoms with Gasteiger partial charge in [0.1, 0.15) is 0 Å². The Kier molecular flexibility index (Phi) is 46.3. The maximum absolute atomic E-state index is 9.84. The zero-order valence-corrected chi connectivity index (χ0v) is 12.0. The average molecular weight is 218 g/mol. The van der Waals surface area contributed by atoms with E-state index in [-0.39, 0.29) is 29.6 Å². The number of nitrogens with zero attached hydrogens (tertiary/aromatic N) is 1. The molecule has 4 heteroatoms. The predicted molar refractivity (Wildman–Crippen MR) is 64.3 cm³/mol. The van der Waals surface area contributed by atoms with Gasteiger partial charge in [-0.05, 0) is 13.8 Å². The summed E-state index contributed by atoms with van der Waals surface area (Å²) in [6, 6.07) is 1.69. The third-order valence-electron chi connectivity index (χ3n) is 0.792. The summed E-state index contributed by atoms with van der Waals surface area (Å²) in [6.45, 7) is 10.3. The molecule has 0 aliphatic heterocycles. The van der Waals surface area contributed by atoms with Crippen LogP contribution in [-0.2, 0) is 9.53 Å². The van der Waals surface area contributed by atoms with E-state index in [9.17, 15) is 4.79 Å². The molecule has 0 amide bonds. The molecule has 1 radical (unpaired) electrons. The molecule has 0 unspecified atom stereocenters. The third kappa shape index (κ3) is 61.4. The minimum atomic E-state index is -0.394. The van der Waals surface area contributed by atoms with Gasteiger partial charge in [-0.3, -0.25) is 0 Å². The van der Waals surface area contributed by atoms with Crippen molar-refractivity contribution in [1.29, 1.82) is 5.26 Å². The Labute approximate surface area is 114 Å². The summed E-state index contributed by atoms with van der Waals surface area (Å²) in [7, 11) is 1.31. The van der Waals surface area contributed by atoms with E-state index in [2.05, 4.69) is 17.9 Å². The topological polar surface area (TPSA) is 50.1 Å². The van der Waals surface area contributed by atoms with E-state index in [0.717, 1.165) is 6.08 Å². The van der Waals surface area contributed by atoms with Crippen LogP contribution in [0.5, 0.6) is 0 Å². The van der Waals surface area contributed by atoms with Crippen LogP contribution in [-0.4, -0.2) is 42.6 Å². The molecular weight excluding hydrogens is 201 g/mol.